The molecule has 0 aliphatic rings. The highest BCUT2D eigenvalue weighted by molar-refractivity contribution is 6.11. The molecule has 0 fully saturated rings. The number of rotatable bonds is 14. The van der Waals surface area contributed by atoms with Crippen LogP contribution in [0.4, 0.5) is 5.82 Å². The fourth-order valence-electron chi connectivity index (χ4n) is 5.86. The molecule has 7 nitrogen and oxygen atoms in total. The molecule has 3 aromatic carbocycles. The number of hydrogen-bond donors (Lipinski definition) is 0. The Labute approximate surface area is 249 Å². The van der Waals surface area contributed by atoms with Crippen LogP contribution in [0.25, 0.3) is 21.8 Å². The predicted molar refractivity (Wildman–Crippen MR) is 172 cm³/mol. The summed E-state index contributed by atoms with van der Waals surface area (Å²) in [6.45, 7) is 3.35. The van der Waals surface area contributed by atoms with Crippen LogP contribution >= 0.6 is 0 Å². The van der Waals surface area contributed by atoms with Crippen molar-refractivity contribution < 1.29 is 14.2 Å². The molecule has 0 aliphatic carbocycles. The zero-order valence-corrected chi connectivity index (χ0v) is 25.5. The lowest BCUT2D eigenvalue weighted by Crippen LogP contribution is -2.28. The summed E-state index contributed by atoms with van der Waals surface area (Å²) >= 11 is 0. The van der Waals surface area contributed by atoms with Crippen molar-refractivity contribution in [3.05, 3.63) is 90.1 Å². The van der Waals surface area contributed by atoms with Gasteiger partial charge in [0, 0.05) is 47.7 Å². The Hall–Kier alpha value is -4.23. The summed E-state index contributed by atoms with van der Waals surface area (Å²) in [5.41, 5.74) is 4.80. The Bertz CT molecular complexity index is 1610. The minimum atomic E-state index is 0.604. The summed E-state index contributed by atoms with van der Waals surface area (Å²) in [4.78, 5) is 9.67. The Morgan fingerprint density at radius 1 is 0.738 bits per heavy atom. The number of methoxy groups -OCH3 is 3. The average molecular weight is 567 g/mol. The van der Waals surface area contributed by atoms with Crippen molar-refractivity contribution in [3.8, 4) is 17.2 Å². The van der Waals surface area contributed by atoms with Crippen LogP contribution in [0.3, 0.4) is 0 Å². The van der Waals surface area contributed by atoms with Crippen molar-refractivity contribution >= 4 is 27.6 Å². The number of aromatic nitrogens is 2. The van der Waals surface area contributed by atoms with E-state index in [1.807, 2.05) is 12.3 Å². The largest absolute Gasteiger partial charge is 0.493 e. The van der Waals surface area contributed by atoms with Crippen LogP contribution in [0.1, 0.15) is 24.0 Å². The molecule has 0 saturated heterocycles. The molecule has 0 atom stereocenters. The zero-order chi connectivity index (χ0) is 29.5. The SMILES string of the molecule is COc1ccc(CN(CCCN(C)C)c2nccc3c4ccccc4n(CCCc4ccccc4)c23)c(OC)c1OC. The molecule has 42 heavy (non-hydrogen) atoms. The van der Waals surface area contributed by atoms with Crippen molar-refractivity contribution in [1.29, 1.82) is 0 Å². The maximum atomic E-state index is 5.88. The first-order valence-corrected chi connectivity index (χ1v) is 14.6. The standard InChI is InChI=1S/C35H42N4O3/c1-37(2)22-12-23-38(25-27-18-19-31(40-3)34(42-5)33(27)41-4)35-32-29(20-21-36-35)28-16-9-10-17-30(28)39(32)24-11-15-26-13-7-6-8-14-26/h6-10,13-14,16-21H,11-12,15,22-25H2,1-5H3. The predicted octanol–water partition coefficient (Wildman–Crippen LogP) is 6.81. The van der Waals surface area contributed by atoms with Crippen LogP contribution in [0.5, 0.6) is 17.2 Å². The number of nitrogens with zero attached hydrogens (tertiary/aromatic N) is 4. The van der Waals surface area contributed by atoms with Crippen LogP contribution < -0.4 is 19.1 Å². The fraction of sp³-hybridized carbons (Fsp3) is 0.343. The monoisotopic (exact) mass is 566 g/mol. The first-order valence-electron chi connectivity index (χ1n) is 14.6. The molecule has 7 heteroatoms. The third-order valence-electron chi connectivity index (χ3n) is 7.83. The van der Waals surface area contributed by atoms with Gasteiger partial charge in [-0.25, -0.2) is 4.98 Å². The lowest BCUT2D eigenvalue weighted by atomic mass is 10.1. The second-order valence-electron chi connectivity index (χ2n) is 10.9. The number of aryl methyl sites for hydroxylation is 2. The number of pyridine rings is 1. The summed E-state index contributed by atoms with van der Waals surface area (Å²) in [5, 5.41) is 2.49. The summed E-state index contributed by atoms with van der Waals surface area (Å²) in [7, 11) is 9.21. The van der Waals surface area contributed by atoms with Crippen LogP contribution in [0.2, 0.25) is 0 Å². The highest BCUT2D eigenvalue weighted by Crippen LogP contribution is 2.41. The van der Waals surface area contributed by atoms with Gasteiger partial charge in [-0.15, -0.1) is 0 Å². The highest BCUT2D eigenvalue weighted by Gasteiger charge is 2.22. The number of fused-ring (bicyclic) bond motifs is 3. The number of para-hydroxylation sites is 1. The number of anilines is 1. The first-order chi connectivity index (χ1) is 20.5. The van der Waals surface area contributed by atoms with Gasteiger partial charge in [-0.1, -0.05) is 48.5 Å². The number of ether oxygens (including phenoxy) is 3. The number of hydrogen-bond acceptors (Lipinski definition) is 6. The van der Waals surface area contributed by atoms with Gasteiger partial charge in [-0.05, 0) is 69.7 Å². The smallest absolute Gasteiger partial charge is 0.203 e. The molecule has 0 bridgehead atoms. The molecule has 0 N–H and O–H groups in total. The van der Waals surface area contributed by atoms with E-state index < -0.39 is 0 Å². The van der Waals surface area contributed by atoms with Crippen LogP contribution in [0, 0.1) is 0 Å². The Balaban J connectivity index is 1.59. The molecule has 0 unspecified atom stereocenters. The molecule has 5 aromatic rings. The van der Waals surface area contributed by atoms with Gasteiger partial charge in [0.05, 0.1) is 26.8 Å². The van der Waals surface area contributed by atoms with E-state index in [1.165, 1.54) is 27.4 Å². The van der Waals surface area contributed by atoms with E-state index in [0.29, 0.717) is 23.8 Å². The van der Waals surface area contributed by atoms with Gasteiger partial charge in [-0.2, -0.15) is 0 Å². The van der Waals surface area contributed by atoms with E-state index in [2.05, 4.69) is 95.2 Å². The summed E-state index contributed by atoms with van der Waals surface area (Å²) in [6.07, 6.45) is 5.01. The number of benzene rings is 3. The van der Waals surface area contributed by atoms with E-state index in [1.54, 1.807) is 21.3 Å². The second-order valence-corrected chi connectivity index (χ2v) is 10.9. The van der Waals surface area contributed by atoms with Gasteiger partial charge in [-0.3, -0.25) is 0 Å². The van der Waals surface area contributed by atoms with E-state index in [4.69, 9.17) is 19.2 Å². The van der Waals surface area contributed by atoms with Crippen molar-refractivity contribution in [1.82, 2.24) is 14.5 Å². The first kappa shape index (κ1) is 29.3. The maximum Gasteiger partial charge on any atom is 0.203 e. The van der Waals surface area contributed by atoms with E-state index in [0.717, 1.165) is 50.3 Å². The molecule has 220 valence electrons. The lowest BCUT2D eigenvalue weighted by Gasteiger charge is -2.27. The van der Waals surface area contributed by atoms with Gasteiger partial charge >= 0.3 is 0 Å². The van der Waals surface area contributed by atoms with Gasteiger partial charge in [0.1, 0.15) is 0 Å². The topological polar surface area (TPSA) is 52.0 Å². The molecular formula is C35H42N4O3. The van der Waals surface area contributed by atoms with E-state index in [9.17, 15) is 0 Å². The van der Waals surface area contributed by atoms with Gasteiger partial charge in [0.2, 0.25) is 5.75 Å². The fourth-order valence-corrected chi connectivity index (χ4v) is 5.86. The molecule has 5 rings (SSSR count). The minimum Gasteiger partial charge on any atom is -0.493 e. The van der Waals surface area contributed by atoms with Crippen LogP contribution in [-0.4, -0.2) is 63.0 Å². The maximum absolute atomic E-state index is 5.88. The minimum absolute atomic E-state index is 0.604. The molecule has 2 aromatic heterocycles. The van der Waals surface area contributed by atoms with Crippen molar-refractivity contribution in [2.75, 3.05) is 53.4 Å². The molecule has 0 radical (unpaired) electrons. The summed E-state index contributed by atoms with van der Waals surface area (Å²) in [6, 6.07) is 25.6. The van der Waals surface area contributed by atoms with Gasteiger partial charge in [0.15, 0.2) is 17.3 Å². The summed E-state index contributed by atoms with van der Waals surface area (Å²) < 4.78 is 19.6. The molecule has 2 heterocycles. The average Bonchev–Trinajstić information content (AvgIpc) is 3.34. The van der Waals surface area contributed by atoms with Crippen LogP contribution in [-0.2, 0) is 19.5 Å². The van der Waals surface area contributed by atoms with Crippen molar-refractivity contribution in [2.45, 2.75) is 32.4 Å². The Kier molecular flexibility index (Phi) is 9.49. The summed E-state index contributed by atoms with van der Waals surface area (Å²) in [5.74, 6) is 2.92. The normalized spacial score (nSPS) is 11.4. The van der Waals surface area contributed by atoms with E-state index in [-0.39, 0.29) is 0 Å². The van der Waals surface area contributed by atoms with E-state index >= 15 is 0 Å². The van der Waals surface area contributed by atoms with Gasteiger partial charge in [0.25, 0.3) is 0 Å². The lowest BCUT2D eigenvalue weighted by molar-refractivity contribution is 0.322. The molecule has 0 saturated carbocycles. The van der Waals surface area contributed by atoms with Gasteiger partial charge < -0.3 is 28.6 Å². The molecule has 0 amide bonds. The highest BCUT2D eigenvalue weighted by atomic mass is 16.5. The molecule has 0 aliphatic heterocycles. The van der Waals surface area contributed by atoms with Crippen LogP contribution in [0.15, 0.2) is 79.0 Å². The Morgan fingerprint density at radius 2 is 1.50 bits per heavy atom. The van der Waals surface area contributed by atoms with Crippen molar-refractivity contribution in [3.63, 3.8) is 0 Å². The quantitative estimate of drug-likeness (QED) is 0.147. The third-order valence-corrected chi connectivity index (χ3v) is 7.83. The van der Waals surface area contributed by atoms with Crippen molar-refractivity contribution in [2.24, 2.45) is 0 Å². The zero-order valence-electron chi connectivity index (χ0n) is 25.5. The Morgan fingerprint density at radius 3 is 2.24 bits per heavy atom. The third kappa shape index (κ3) is 6.16. The molecular weight excluding hydrogens is 524 g/mol. The molecule has 0 spiro atoms. The second kappa shape index (κ2) is 13.6.